The fourth-order valence-corrected chi connectivity index (χ4v) is 3.88. The molecule has 0 saturated carbocycles. The van der Waals surface area contributed by atoms with Gasteiger partial charge in [0.1, 0.15) is 16.8 Å². The molecule has 2 heterocycles. The van der Waals surface area contributed by atoms with Gasteiger partial charge in [-0.05, 0) is 61.2 Å². The van der Waals surface area contributed by atoms with Crippen LogP contribution in [0.15, 0.2) is 41.1 Å². The molecule has 3 rings (SSSR count). The zero-order valence-electron chi connectivity index (χ0n) is 13.4. The highest BCUT2D eigenvalue weighted by molar-refractivity contribution is 7.12. The fourth-order valence-electron chi connectivity index (χ4n) is 2.22. The van der Waals surface area contributed by atoms with Gasteiger partial charge in [0, 0.05) is 15.8 Å². The second kappa shape index (κ2) is 7.43. The molecule has 0 fully saturated rings. The lowest BCUT2D eigenvalue weighted by Gasteiger charge is -2.03. The number of nitrogens with zero attached hydrogens (tertiary/aromatic N) is 2. The first-order valence-electron chi connectivity index (χ1n) is 7.56. The van der Waals surface area contributed by atoms with Gasteiger partial charge in [0.2, 0.25) is 0 Å². The van der Waals surface area contributed by atoms with Gasteiger partial charge in [0.25, 0.3) is 0 Å². The van der Waals surface area contributed by atoms with Gasteiger partial charge in [-0.25, -0.2) is 4.98 Å². The Labute approximate surface area is 149 Å². The van der Waals surface area contributed by atoms with E-state index in [1.165, 1.54) is 16.9 Å². The van der Waals surface area contributed by atoms with Crippen molar-refractivity contribution in [2.24, 2.45) is 0 Å². The fraction of sp³-hybridized carbons (Fsp3) is 0.158. The topological polar surface area (TPSA) is 45.9 Å². The van der Waals surface area contributed by atoms with Crippen molar-refractivity contribution in [2.45, 2.75) is 13.8 Å². The third kappa shape index (κ3) is 3.56. The molecule has 0 aliphatic heterocycles. The van der Waals surface area contributed by atoms with Crippen LogP contribution in [-0.2, 0) is 0 Å². The van der Waals surface area contributed by atoms with Crippen LogP contribution in [0.1, 0.15) is 22.4 Å². The quantitative estimate of drug-likeness (QED) is 0.558. The molecule has 0 saturated heterocycles. The van der Waals surface area contributed by atoms with Gasteiger partial charge in [-0.15, -0.1) is 22.7 Å². The smallest absolute Gasteiger partial charge is 0.134 e. The van der Waals surface area contributed by atoms with Crippen LogP contribution < -0.4 is 4.74 Å². The Kier molecular flexibility index (Phi) is 5.09. The van der Waals surface area contributed by atoms with Gasteiger partial charge in [-0.3, -0.25) is 0 Å². The van der Waals surface area contributed by atoms with Crippen molar-refractivity contribution in [3.63, 3.8) is 0 Å². The summed E-state index contributed by atoms with van der Waals surface area (Å²) in [4.78, 5) is 5.73. The van der Waals surface area contributed by atoms with Crippen molar-refractivity contribution in [3.05, 3.63) is 56.5 Å². The first kappa shape index (κ1) is 16.4. The average Bonchev–Trinajstić information content (AvgIpc) is 3.23. The molecule has 120 valence electrons. The van der Waals surface area contributed by atoms with E-state index in [0.29, 0.717) is 12.2 Å². The number of allylic oxidation sites excluding steroid dienone is 1. The van der Waals surface area contributed by atoms with Crippen molar-refractivity contribution >= 4 is 34.3 Å². The van der Waals surface area contributed by atoms with Crippen LogP contribution in [-0.4, -0.2) is 11.6 Å². The van der Waals surface area contributed by atoms with Crippen LogP contribution in [0.2, 0.25) is 0 Å². The number of ether oxygens (including phenoxy) is 1. The molecule has 1 aromatic carbocycles. The molecular weight excluding hydrogens is 336 g/mol. The summed E-state index contributed by atoms with van der Waals surface area (Å²) in [5.74, 6) is 0.850. The Hall–Kier alpha value is -2.42. The van der Waals surface area contributed by atoms with Crippen molar-refractivity contribution in [1.29, 1.82) is 5.26 Å². The number of thiazole rings is 1. The van der Waals surface area contributed by atoms with Crippen molar-refractivity contribution in [1.82, 2.24) is 4.98 Å². The van der Waals surface area contributed by atoms with Gasteiger partial charge >= 0.3 is 0 Å². The molecule has 3 aromatic rings. The van der Waals surface area contributed by atoms with E-state index in [1.807, 2.05) is 54.9 Å². The molecule has 24 heavy (non-hydrogen) atoms. The molecule has 0 atom stereocenters. The largest absolute Gasteiger partial charge is 0.494 e. The Morgan fingerprint density at radius 2 is 2.04 bits per heavy atom. The minimum Gasteiger partial charge on any atom is -0.494 e. The van der Waals surface area contributed by atoms with E-state index in [9.17, 15) is 5.26 Å². The minimum atomic E-state index is 0.600. The summed E-state index contributed by atoms with van der Waals surface area (Å²) in [6.45, 7) is 4.66. The Balaban J connectivity index is 1.88. The monoisotopic (exact) mass is 352 g/mol. The lowest BCUT2D eigenvalue weighted by Crippen LogP contribution is -1.90. The summed E-state index contributed by atoms with van der Waals surface area (Å²) in [6.07, 6.45) is 1.92. The maximum atomic E-state index is 9.48. The Morgan fingerprint density at radius 3 is 2.67 bits per heavy atom. The van der Waals surface area contributed by atoms with E-state index in [2.05, 4.69) is 17.1 Å². The molecule has 0 aliphatic carbocycles. The molecule has 0 N–H and O–H groups in total. The van der Waals surface area contributed by atoms with E-state index in [1.54, 1.807) is 11.3 Å². The third-order valence-corrected chi connectivity index (χ3v) is 5.33. The van der Waals surface area contributed by atoms with Crippen LogP contribution in [0.25, 0.3) is 22.9 Å². The second-order valence-electron chi connectivity index (χ2n) is 5.13. The summed E-state index contributed by atoms with van der Waals surface area (Å²) in [7, 11) is 0. The molecule has 2 aromatic heterocycles. The highest BCUT2D eigenvalue weighted by atomic mass is 32.1. The summed E-state index contributed by atoms with van der Waals surface area (Å²) in [6, 6.07) is 12.2. The zero-order chi connectivity index (χ0) is 16.9. The highest BCUT2D eigenvalue weighted by Gasteiger charge is 2.10. The molecular formula is C19H16N2OS2. The van der Waals surface area contributed by atoms with Gasteiger partial charge in [-0.1, -0.05) is 0 Å². The molecule has 0 unspecified atom stereocenters. The highest BCUT2D eigenvalue weighted by Crippen LogP contribution is 2.29. The predicted molar refractivity (Wildman–Crippen MR) is 101 cm³/mol. The predicted octanol–water partition coefficient (Wildman–Crippen LogP) is 5.64. The molecule has 0 amide bonds. The van der Waals surface area contributed by atoms with Crippen molar-refractivity contribution in [3.8, 4) is 23.1 Å². The van der Waals surface area contributed by atoms with E-state index < -0.39 is 0 Å². The van der Waals surface area contributed by atoms with Crippen molar-refractivity contribution in [2.75, 3.05) is 6.61 Å². The normalized spacial score (nSPS) is 11.3. The molecule has 0 aliphatic rings. The van der Waals surface area contributed by atoms with E-state index in [0.717, 1.165) is 26.9 Å². The van der Waals surface area contributed by atoms with Crippen LogP contribution >= 0.6 is 22.7 Å². The van der Waals surface area contributed by atoms with Gasteiger partial charge in [-0.2, -0.15) is 5.26 Å². The number of nitriles is 1. The van der Waals surface area contributed by atoms with Crippen LogP contribution in [0.3, 0.4) is 0 Å². The number of aryl methyl sites for hydroxylation is 1. The molecule has 0 radical (unpaired) electrons. The van der Waals surface area contributed by atoms with Crippen molar-refractivity contribution < 1.29 is 4.74 Å². The summed E-state index contributed by atoms with van der Waals surface area (Å²) in [5.41, 5.74) is 3.67. The Bertz CT molecular complexity index is 898. The number of hydrogen-bond donors (Lipinski definition) is 0. The van der Waals surface area contributed by atoms with Gasteiger partial charge < -0.3 is 4.74 Å². The van der Waals surface area contributed by atoms with Crippen LogP contribution in [0.4, 0.5) is 0 Å². The molecule has 0 bridgehead atoms. The van der Waals surface area contributed by atoms with E-state index in [-0.39, 0.29) is 0 Å². The minimum absolute atomic E-state index is 0.600. The maximum Gasteiger partial charge on any atom is 0.134 e. The Morgan fingerprint density at radius 1 is 1.25 bits per heavy atom. The van der Waals surface area contributed by atoms with Gasteiger partial charge in [0.05, 0.1) is 17.9 Å². The summed E-state index contributed by atoms with van der Waals surface area (Å²) < 4.78 is 5.46. The zero-order valence-corrected chi connectivity index (χ0v) is 15.1. The first-order valence-corrected chi connectivity index (χ1v) is 9.32. The van der Waals surface area contributed by atoms with Crippen LogP contribution in [0, 0.1) is 18.3 Å². The summed E-state index contributed by atoms with van der Waals surface area (Å²) >= 11 is 3.12. The molecule has 5 heteroatoms. The van der Waals surface area contributed by atoms with Gasteiger partial charge in [0.15, 0.2) is 0 Å². The molecule has 0 spiro atoms. The number of benzene rings is 1. The number of thiophene rings is 1. The van der Waals surface area contributed by atoms with E-state index >= 15 is 0 Å². The molecule has 3 nitrogen and oxygen atoms in total. The van der Waals surface area contributed by atoms with E-state index in [4.69, 9.17) is 4.74 Å². The third-order valence-electron chi connectivity index (χ3n) is 3.49. The standard InChI is InChI=1S/C19H16N2OS2/c1-3-22-16-6-4-14(5-7-16)17-12-24-19(21-17)15(11-20)10-18-13(2)8-9-23-18/h4-10,12H,3H2,1-2H3. The number of aromatic nitrogens is 1. The second-order valence-corrected chi connectivity index (χ2v) is 6.94. The van der Waals surface area contributed by atoms with Crippen LogP contribution in [0.5, 0.6) is 5.75 Å². The maximum absolute atomic E-state index is 9.48. The lowest BCUT2D eigenvalue weighted by molar-refractivity contribution is 0.340. The summed E-state index contributed by atoms with van der Waals surface area (Å²) in [5, 5.41) is 14.2. The first-order chi connectivity index (χ1) is 11.7. The number of rotatable bonds is 5. The number of hydrogen-bond acceptors (Lipinski definition) is 5. The lowest BCUT2D eigenvalue weighted by atomic mass is 10.1. The SMILES string of the molecule is CCOc1ccc(-c2csc(C(C#N)=Cc3sccc3C)n2)cc1. The average molecular weight is 352 g/mol.